The third-order valence-corrected chi connectivity index (χ3v) is 6.08. The van der Waals surface area contributed by atoms with Crippen LogP contribution in [0.4, 0.5) is 10.9 Å². The van der Waals surface area contributed by atoms with Gasteiger partial charge in [-0.25, -0.2) is 0 Å². The second-order valence-corrected chi connectivity index (χ2v) is 9.32. The Balaban J connectivity index is 1.15. The molecule has 0 aliphatic rings. The Hall–Kier alpha value is -4.12. The Bertz CT molecular complexity index is 1290. The molecule has 0 spiro atoms. The van der Waals surface area contributed by atoms with Gasteiger partial charge < -0.3 is 10.6 Å². The van der Waals surface area contributed by atoms with E-state index in [-0.39, 0.29) is 18.2 Å². The zero-order valence-corrected chi connectivity index (χ0v) is 20.7. The van der Waals surface area contributed by atoms with Gasteiger partial charge in [-0.05, 0) is 43.9 Å². The normalized spacial score (nSPS) is 10.7. The lowest BCUT2D eigenvalue weighted by atomic mass is 10.1. The Kier molecular flexibility index (Phi) is 8.71. The smallest absolute Gasteiger partial charge is 0.232 e. The summed E-state index contributed by atoms with van der Waals surface area (Å²) in [7, 11) is 0. The summed E-state index contributed by atoms with van der Waals surface area (Å²) in [5.74, 6) is 0.120. The summed E-state index contributed by atoms with van der Waals surface area (Å²) in [5, 5.41) is 23.4. The maximum absolute atomic E-state index is 12.2. The van der Waals surface area contributed by atoms with Gasteiger partial charge >= 0.3 is 0 Å². The second kappa shape index (κ2) is 12.5. The number of nitrogens with zero attached hydrogens (tertiary/aromatic N) is 6. The average Bonchev–Trinajstić information content (AvgIpc) is 3.30. The van der Waals surface area contributed by atoms with Crippen LogP contribution >= 0.6 is 11.3 Å². The molecule has 10 nitrogen and oxygen atoms in total. The molecule has 36 heavy (non-hydrogen) atoms. The van der Waals surface area contributed by atoms with Crippen molar-refractivity contribution in [2.45, 2.75) is 45.4 Å². The summed E-state index contributed by atoms with van der Waals surface area (Å²) < 4.78 is 0. The molecular weight excluding hydrogens is 476 g/mol. The molecule has 0 aliphatic heterocycles. The first-order chi connectivity index (χ1) is 17.5. The van der Waals surface area contributed by atoms with Gasteiger partial charge in [0.2, 0.25) is 16.9 Å². The highest BCUT2D eigenvalue weighted by Crippen LogP contribution is 2.18. The van der Waals surface area contributed by atoms with E-state index in [9.17, 15) is 9.59 Å². The summed E-state index contributed by atoms with van der Waals surface area (Å²) in [6.45, 7) is 2.00. The number of carbonyl (C=O) groups excluding carboxylic acids is 2. The molecule has 2 N–H and O–H groups in total. The zero-order chi connectivity index (χ0) is 25.2. The summed E-state index contributed by atoms with van der Waals surface area (Å²) >= 11 is 1.37. The van der Waals surface area contributed by atoms with Crippen LogP contribution in [0.15, 0.2) is 55.0 Å². The minimum atomic E-state index is -0.202. The van der Waals surface area contributed by atoms with E-state index >= 15 is 0 Å². The van der Waals surface area contributed by atoms with Gasteiger partial charge in [-0.15, -0.1) is 15.3 Å². The quantitative estimate of drug-likeness (QED) is 0.298. The summed E-state index contributed by atoms with van der Waals surface area (Å²) in [6, 6.07) is 11.5. The number of amides is 2. The highest BCUT2D eigenvalue weighted by atomic mass is 32.1. The van der Waals surface area contributed by atoms with Gasteiger partial charge in [0.05, 0.1) is 24.2 Å². The van der Waals surface area contributed by atoms with Gasteiger partial charge in [-0.1, -0.05) is 41.2 Å². The van der Waals surface area contributed by atoms with Crippen molar-refractivity contribution in [3.05, 3.63) is 82.5 Å². The van der Waals surface area contributed by atoms with E-state index < -0.39 is 0 Å². The molecule has 0 atom stereocenters. The Morgan fingerprint density at radius 3 is 2.50 bits per heavy atom. The molecule has 0 fully saturated rings. The van der Waals surface area contributed by atoms with Crippen LogP contribution < -0.4 is 10.6 Å². The average molecular weight is 503 g/mol. The molecule has 3 aromatic heterocycles. The molecule has 0 bridgehead atoms. The van der Waals surface area contributed by atoms with Crippen LogP contribution in [-0.4, -0.2) is 42.2 Å². The van der Waals surface area contributed by atoms with Crippen molar-refractivity contribution in [1.29, 1.82) is 0 Å². The van der Waals surface area contributed by atoms with Crippen molar-refractivity contribution in [3.8, 4) is 0 Å². The maximum Gasteiger partial charge on any atom is 0.232 e. The van der Waals surface area contributed by atoms with Crippen molar-refractivity contribution in [2.24, 2.45) is 0 Å². The summed E-state index contributed by atoms with van der Waals surface area (Å²) in [4.78, 5) is 32.4. The van der Waals surface area contributed by atoms with Crippen LogP contribution in [0.2, 0.25) is 0 Å². The van der Waals surface area contributed by atoms with Crippen molar-refractivity contribution in [2.75, 3.05) is 10.6 Å². The molecule has 3 heterocycles. The highest BCUT2D eigenvalue weighted by Gasteiger charge is 2.10. The molecule has 0 aliphatic carbocycles. The van der Waals surface area contributed by atoms with Gasteiger partial charge in [-0.2, -0.15) is 5.10 Å². The molecule has 4 aromatic rings. The van der Waals surface area contributed by atoms with E-state index in [0.717, 1.165) is 47.5 Å². The second-order valence-electron chi connectivity index (χ2n) is 8.25. The number of anilines is 2. The van der Waals surface area contributed by atoms with Crippen molar-refractivity contribution in [3.63, 3.8) is 0 Å². The first kappa shape index (κ1) is 25.0. The van der Waals surface area contributed by atoms with Gasteiger partial charge in [0.1, 0.15) is 5.01 Å². The minimum Gasteiger partial charge on any atom is -0.309 e. The predicted octanol–water partition coefficient (Wildman–Crippen LogP) is 3.35. The molecule has 0 radical (unpaired) electrons. The van der Waals surface area contributed by atoms with E-state index in [2.05, 4.69) is 41.0 Å². The fraction of sp³-hybridized carbons (Fsp3) is 0.280. The van der Waals surface area contributed by atoms with Crippen LogP contribution in [0.3, 0.4) is 0 Å². The van der Waals surface area contributed by atoms with Gasteiger partial charge in [-0.3, -0.25) is 19.6 Å². The van der Waals surface area contributed by atoms with Gasteiger partial charge in [0.25, 0.3) is 0 Å². The zero-order valence-electron chi connectivity index (χ0n) is 19.8. The van der Waals surface area contributed by atoms with Crippen LogP contribution in [-0.2, 0) is 35.3 Å². The Morgan fingerprint density at radius 1 is 0.861 bits per heavy atom. The third-order valence-electron chi connectivity index (χ3n) is 5.18. The summed E-state index contributed by atoms with van der Waals surface area (Å²) in [6.07, 6.45) is 8.45. The van der Waals surface area contributed by atoms with E-state index in [4.69, 9.17) is 0 Å². The van der Waals surface area contributed by atoms with Crippen LogP contribution in [0.1, 0.15) is 40.4 Å². The number of unbranched alkanes of at least 4 members (excludes halogenated alkanes) is 1. The Labute approximate surface area is 212 Å². The number of rotatable bonds is 11. The molecule has 184 valence electrons. The molecule has 0 unspecified atom stereocenters. The molecule has 1 aromatic carbocycles. The number of benzene rings is 1. The molecule has 0 saturated heterocycles. The van der Waals surface area contributed by atoms with E-state index in [0.29, 0.717) is 23.1 Å². The Morgan fingerprint density at radius 2 is 1.72 bits per heavy atom. The van der Waals surface area contributed by atoms with Crippen molar-refractivity contribution < 1.29 is 9.59 Å². The topological polar surface area (TPSA) is 136 Å². The molecular formula is C25H26N8O2S. The highest BCUT2D eigenvalue weighted by molar-refractivity contribution is 7.15. The maximum atomic E-state index is 12.2. The van der Waals surface area contributed by atoms with E-state index in [1.165, 1.54) is 11.3 Å². The lowest BCUT2D eigenvalue weighted by molar-refractivity contribution is -0.116. The largest absolute Gasteiger partial charge is 0.309 e. The number of aromatic nitrogens is 6. The van der Waals surface area contributed by atoms with Crippen LogP contribution in [0, 0.1) is 6.92 Å². The van der Waals surface area contributed by atoms with Crippen molar-refractivity contribution in [1.82, 2.24) is 30.4 Å². The minimum absolute atomic E-state index is 0.121. The lowest BCUT2D eigenvalue weighted by Crippen LogP contribution is -2.16. The molecule has 0 saturated carbocycles. The number of hydrogen-bond donors (Lipinski definition) is 2. The van der Waals surface area contributed by atoms with E-state index in [1.54, 1.807) is 24.7 Å². The van der Waals surface area contributed by atoms with Crippen LogP contribution in [0.25, 0.3) is 0 Å². The number of carbonyl (C=O) groups is 2. The fourth-order valence-electron chi connectivity index (χ4n) is 3.49. The van der Waals surface area contributed by atoms with Crippen molar-refractivity contribution >= 4 is 34.1 Å². The summed E-state index contributed by atoms with van der Waals surface area (Å²) in [5.41, 5.74) is 3.54. The van der Waals surface area contributed by atoms with E-state index in [1.807, 2.05) is 37.3 Å². The number of aryl methyl sites for hydroxylation is 3. The molecule has 4 rings (SSSR count). The third kappa shape index (κ3) is 7.98. The lowest BCUT2D eigenvalue weighted by Gasteiger charge is -2.05. The first-order valence-electron chi connectivity index (χ1n) is 11.6. The molecule has 11 heteroatoms. The predicted molar refractivity (Wildman–Crippen MR) is 136 cm³/mol. The van der Waals surface area contributed by atoms with Crippen LogP contribution in [0.5, 0.6) is 0 Å². The van der Waals surface area contributed by atoms with Gasteiger partial charge in [0.15, 0.2) is 5.82 Å². The standard InChI is InChI=1S/C25H26N8O2S/c1-17-5-4-6-18(13-17)14-22(34)28-21-10-9-19(30-31-21)7-2-3-8-24-32-33-25(36-24)29-23(35)15-20-16-26-11-12-27-20/h4-6,9-13,16H,2-3,7-8,14-15H2,1H3,(H,28,31,34)(H,29,33,35). The fourth-order valence-corrected chi connectivity index (χ4v) is 4.29. The molecule has 2 amide bonds. The van der Waals surface area contributed by atoms with Gasteiger partial charge in [0, 0.05) is 25.0 Å². The number of nitrogens with one attached hydrogen (secondary N) is 2. The first-order valence-corrected chi connectivity index (χ1v) is 12.4. The number of hydrogen-bond acceptors (Lipinski definition) is 9. The monoisotopic (exact) mass is 502 g/mol. The SMILES string of the molecule is Cc1cccc(CC(=O)Nc2ccc(CCCCc3nnc(NC(=O)Cc4cnccn4)s3)nn2)c1.